The summed E-state index contributed by atoms with van der Waals surface area (Å²) in [6, 6.07) is 2.58. The predicted molar refractivity (Wildman–Crippen MR) is 89.4 cm³/mol. The van der Waals surface area contributed by atoms with Crippen molar-refractivity contribution in [3.05, 3.63) is 32.9 Å². The Labute approximate surface area is 133 Å². The van der Waals surface area contributed by atoms with Gasteiger partial charge in [0.05, 0.1) is 4.88 Å². The molecule has 0 aliphatic carbocycles. The molecule has 0 radical (unpaired) electrons. The minimum absolute atomic E-state index is 0.513. The molecule has 5 heteroatoms. The van der Waals surface area contributed by atoms with Gasteiger partial charge in [0, 0.05) is 27.3 Å². The van der Waals surface area contributed by atoms with Crippen LogP contribution in [0.2, 0.25) is 0 Å². The van der Waals surface area contributed by atoms with Crippen molar-refractivity contribution < 1.29 is 0 Å². The van der Waals surface area contributed by atoms with Gasteiger partial charge in [-0.1, -0.05) is 13.8 Å². The zero-order chi connectivity index (χ0) is 14.7. The summed E-state index contributed by atoms with van der Waals surface area (Å²) in [6.45, 7) is 9.44. The van der Waals surface area contributed by atoms with Crippen LogP contribution in [0.3, 0.4) is 0 Å². The summed E-state index contributed by atoms with van der Waals surface area (Å²) in [5.41, 5.74) is 3.43. The monoisotopic (exact) mass is 353 g/mol. The SMILES string of the molecule is Cc1nc(-c2cc(Br)cs2)nc(C)c1CCNC(C)C. The molecule has 0 fully saturated rings. The molecule has 2 heterocycles. The molecule has 3 nitrogen and oxygen atoms in total. The van der Waals surface area contributed by atoms with Crippen LogP contribution in [-0.4, -0.2) is 22.6 Å². The largest absolute Gasteiger partial charge is 0.314 e. The normalized spacial score (nSPS) is 11.3. The zero-order valence-electron chi connectivity index (χ0n) is 12.3. The Morgan fingerprint density at radius 3 is 2.40 bits per heavy atom. The lowest BCUT2D eigenvalue weighted by Crippen LogP contribution is -2.25. The quantitative estimate of drug-likeness (QED) is 0.878. The van der Waals surface area contributed by atoms with Crippen LogP contribution in [0.15, 0.2) is 15.9 Å². The van der Waals surface area contributed by atoms with Crippen molar-refractivity contribution in [1.82, 2.24) is 15.3 Å². The van der Waals surface area contributed by atoms with Crippen molar-refractivity contribution in [1.29, 1.82) is 0 Å². The van der Waals surface area contributed by atoms with E-state index < -0.39 is 0 Å². The van der Waals surface area contributed by atoms with Crippen LogP contribution in [0.1, 0.15) is 30.8 Å². The molecule has 0 aromatic carbocycles. The van der Waals surface area contributed by atoms with E-state index >= 15 is 0 Å². The lowest BCUT2D eigenvalue weighted by atomic mass is 10.1. The zero-order valence-corrected chi connectivity index (χ0v) is 14.7. The van der Waals surface area contributed by atoms with Gasteiger partial charge in [0.25, 0.3) is 0 Å². The third kappa shape index (κ3) is 3.87. The van der Waals surface area contributed by atoms with E-state index in [1.807, 2.05) is 0 Å². The Morgan fingerprint density at radius 1 is 1.25 bits per heavy atom. The second kappa shape index (κ2) is 6.78. The summed E-state index contributed by atoms with van der Waals surface area (Å²) < 4.78 is 1.08. The minimum Gasteiger partial charge on any atom is -0.314 e. The van der Waals surface area contributed by atoms with Crippen LogP contribution >= 0.6 is 27.3 Å². The predicted octanol–water partition coefficient (Wildman–Crippen LogP) is 4.12. The van der Waals surface area contributed by atoms with Crippen molar-refractivity contribution >= 4 is 27.3 Å². The Kier molecular flexibility index (Phi) is 5.29. The van der Waals surface area contributed by atoms with E-state index in [2.05, 4.69) is 70.4 Å². The molecule has 2 aromatic heterocycles. The second-order valence-electron chi connectivity index (χ2n) is 5.18. The minimum atomic E-state index is 0.513. The maximum atomic E-state index is 4.67. The lowest BCUT2D eigenvalue weighted by molar-refractivity contribution is 0.588. The highest BCUT2D eigenvalue weighted by Crippen LogP contribution is 2.28. The van der Waals surface area contributed by atoms with E-state index in [9.17, 15) is 0 Å². The van der Waals surface area contributed by atoms with Gasteiger partial charge in [-0.05, 0) is 54.4 Å². The Hall–Kier alpha value is -0.780. The van der Waals surface area contributed by atoms with Crippen molar-refractivity contribution in [2.75, 3.05) is 6.54 Å². The highest BCUT2D eigenvalue weighted by Gasteiger charge is 2.11. The van der Waals surface area contributed by atoms with Gasteiger partial charge in [-0.15, -0.1) is 11.3 Å². The molecule has 0 unspecified atom stereocenters. The van der Waals surface area contributed by atoms with Gasteiger partial charge in [0.2, 0.25) is 0 Å². The fraction of sp³-hybridized carbons (Fsp3) is 0.467. The van der Waals surface area contributed by atoms with Gasteiger partial charge in [-0.2, -0.15) is 0 Å². The van der Waals surface area contributed by atoms with Crippen LogP contribution in [-0.2, 0) is 6.42 Å². The second-order valence-corrected chi connectivity index (χ2v) is 7.01. The van der Waals surface area contributed by atoms with Crippen LogP contribution in [0.25, 0.3) is 10.7 Å². The Bertz CT molecular complexity index is 570. The molecular weight excluding hydrogens is 334 g/mol. The highest BCUT2D eigenvalue weighted by molar-refractivity contribution is 9.10. The van der Waals surface area contributed by atoms with Crippen molar-refractivity contribution in [2.45, 2.75) is 40.2 Å². The maximum Gasteiger partial charge on any atom is 0.169 e. The number of thiophene rings is 1. The third-order valence-electron chi connectivity index (χ3n) is 3.14. The fourth-order valence-corrected chi connectivity index (χ4v) is 3.49. The third-order valence-corrected chi connectivity index (χ3v) is 4.82. The molecule has 0 spiro atoms. The molecule has 0 atom stereocenters. The molecule has 2 aromatic rings. The molecule has 0 aliphatic heterocycles. The summed E-state index contributed by atoms with van der Waals surface area (Å²) >= 11 is 5.14. The van der Waals surface area contributed by atoms with Gasteiger partial charge in [-0.3, -0.25) is 0 Å². The van der Waals surface area contributed by atoms with Crippen LogP contribution in [0, 0.1) is 13.8 Å². The number of rotatable bonds is 5. The van der Waals surface area contributed by atoms with Gasteiger partial charge in [-0.25, -0.2) is 9.97 Å². The molecule has 1 N–H and O–H groups in total. The van der Waals surface area contributed by atoms with Gasteiger partial charge in [0.15, 0.2) is 5.82 Å². The standard InChI is InChI=1S/C15H20BrN3S/c1-9(2)17-6-5-13-10(3)18-15(19-11(13)4)14-7-12(16)8-20-14/h7-9,17H,5-6H2,1-4H3. The number of hydrogen-bond donors (Lipinski definition) is 1. The summed E-state index contributed by atoms with van der Waals surface area (Å²) in [4.78, 5) is 10.4. The summed E-state index contributed by atoms with van der Waals surface area (Å²) in [5.74, 6) is 0.830. The molecule has 0 saturated carbocycles. The average Bonchev–Trinajstić information content (AvgIpc) is 2.79. The first-order valence-corrected chi connectivity index (χ1v) is 8.46. The number of aryl methyl sites for hydroxylation is 2. The van der Waals surface area contributed by atoms with Crippen molar-refractivity contribution in [2.24, 2.45) is 0 Å². The maximum absolute atomic E-state index is 4.67. The molecular formula is C15H20BrN3S. The number of halogens is 1. The number of hydrogen-bond acceptors (Lipinski definition) is 4. The van der Waals surface area contributed by atoms with Gasteiger partial charge < -0.3 is 5.32 Å². The topological polar surface area (TPSA) is 37.8 Å². The van der Waals surface area contributed by atoms with E-state index in [4.69, 9.17) is 0 Å². The van der Waals surface area contributed by atoms with E-state index in [1.54, 1.807) is 11.3 Å². The number of nitrogens with zero attached hydrogens (tertiary/aromatic N) is 2. The fourth-order valence-electron chi connectivity index (χ4n) is 2.13. The van der Waals surface area contributed by atoms with E-state index in [0.29, 0.717) is 6.04 Å². The molecule has 20 heavy (non-hydrogen) atoms. The first-order chi connectivity index (χ1) is 9.47. The average molecular weight is 354 g/mol. The number of nitrogens with one attached hydrogen (secondary N) is 1. The summed E-state index contributed by atoms with van der Waals surface area (Å²) in [6.07, 6.45) is 0.976. The van der Waals surface area contributed by atoms with Gasteiger partial charge in [0.1, 0.15) is 0 Å². The first kappa shape index (κ1) is 15.6. The van der Waals surface area contributed by atoms with Crippen LogP contribution < -0.4 is 5.32 Å². The highest BCUT2D eigenvalue weighted by atomic mass is 79.9. The van der Waals surface area contributed by atoms with Crippen LogP contribution in [0.5, 0.6) is 0 Å². The van der Waals surface area contributed by atoms with Crippen molar-refractivity contribution in [3.8, 4) is 10.7 Å². The smallest absolute Gasteiger partial charge is 0.169 e. The van der Waals surface area contributed by atoms with E-state index in [-0.39, 0.29) is 0 Å². The van der Waals surface area contributed by atoms with E-state index in [1.165, 1.54) is 5.56 Å². The van der Waals surface area contributed by atoms with E-state index in [0.717, 1.165) is 39.5 Å². The Morgan fingerprint density at radius 2 is 1.90 bits per heavy atom. The molecule has 0 aliphatic rings. The molecule has 0 amide bonds. The Balaban J connectivity index is 2.20. The molecule has 0 bridgehead atoms. The molecule has 108 valence electrons. The van der Waals surface area contributed by atoms with Gasteiger partial charge >= 0.3 is 0 Å². The summed E-state index contributed by atoms with van der Waals surface area (Å²) in [7, 11) is 0. The number of aromatic nitrogens is 2. The van der Waals surface area contributed by atoms with Crippen molar-refractivity contribution in [3.63, 3.8) is 0 Å². The molecule has 2 rings (SSSR count). The first-order valence-electron chi connectivity index (χ1n) is 6.79. The molecule has 0 saturated heterocycles. The van der Waals surface area contributed by atoms with Crippen LogP contribution in [0.4, 0.5) is 0 Å². The summed E-state index contributed by atoms with van der Waals surface area (Å²) in [5, 5.41) is 5.50. The lowest BCUT2D eigenvalue weighted by Gasteiger charge is -2.12.